The quantitative estimate of drug-likeness (QED) is 0.252. The monoisotopic (exact) mass is 673 g/mol. The summed E-state index contributed by atoms with van der Waals surface area (Å²) in [6.07, 6.45) is 3.80. The van der Waals surface area contributed by atoms with Crippen LogP contribution in [0.3, 0.4) is 0 Å². The van der Waals surface area contributed by atoms with Crippen LogP contribution < -0.4 is 28.6 Å². The summed E-state index contributed by atoms with van der Waals surface area (Å²) in [5.74, 6) is 0.395. The van der Waals surface area contributed by atoms with Crippen molar-refractivity contribution in [1.82, 2.24) is 10.2 Å². The number of sulfonamides is 1. The number of methoxy groups -OCH3 is 4. The van der Waals surface area contributed by atoms with Gasteiger partial charge >= 0.3 is 0 Å². The van der Waals surface area contributed by atoms with E-state index in [-0.39, 0.29) is 45.6 Å². The van der Waals surface area contributed by atoms with E-state index in [1.165, 1.54) is 56.6 Å². The maximum Gasteiger partial charge on any atom is 0.265 e. The third kappa shape index (κ3) is 7.97. The Morgan fingerprint density at radius 3 is 2.11 bits per heavy atom. The third-order valence-electron chi connectivity index (χ3n) is 8.01. The lowest BCUT2D eigenvalue weighted by atomic mass is 10.1. The molecule has 3 aromatic carbocycles. The standard InChI is InChI=1S/C33H40ClN3O8S/c1-22(33(39)35-25-8-6-7-9-25)36(20-23-10-13-26(42-2)14-11-23)32(38)21-37(28-18-24(34)12-16-29(28)43-3)46(40,41)27-15-17-30(44-4)31(19-27)45-5/h10-19,22,25H,6-9,20-21H2,1-5H3,(H,35,39). The van der Waals surface area contributed by atoms with Gasteiger partial charge in [0, 0.05) is 23.7 Å². The van der Waals surface area contributed by atoms with E-state index in [2.05, 4.69) is 5.32 Å². The molecule has 0 saturated heterocycles. The maximum absolute atomic E-state index is 14.4. The van der Waals surface area contributed by atoms with Gasteiger partial charge in [0.05, 0.1) is 39.0 Å². The van der Waals surface area contributed by atoms with Gasteiger partial charge in [-0.3, -0.25) is 13.9 Å². The second-order valence-corrected chi connectivity index (χ2v) is 13.2. The van der Waals surface area contributed by atoms with Crippen LogP contribution in [0.25, 0.3) is 0 Å². The molecule has 1 N–H and O–H groups in total. The number of benzene rings is 3. The highest BCUT2D eigenvalue weighted by molar-refractivity contribution is 7.92. The average Bonchev–Trinajstić information content (AvgIpc) is 3.58. The van der Waals surface area contributed by atoms with Crippen LogP contribution in [0.5, 0.6) is 23.0 Å². The Kier molecular flexibility index (Phi) is 11.6. The van der Waals surface area contributed by atoms with Gasteiger partial charge in [-0.1, -0.05) is 36.6 Å². The molecule has 0 aromatic heterocycles. The molecule has 11 nitrogen and oxygen atoms in total. The van der Waals surface area contributed by atoms with E-state index < -0.39 is 28.5 Å². The molecule has 0 aliphatic heterocycles. The number of hydrogen-bond acceptors (Lipinski definition) is 8. The fourth-order valence-corrected chi connectivity index (χ4v) is 6.98. The van der Waals surface area contributed by atoms with Crippen molar-refractivity contribution in [3.05, 3.63) is 71.2 Å². The van der Waals surface area contributed by atoms with Crippen molar-refractivity contribution in [3.63, 3.8) is 0 Å². The number of amides is 2. The van der Waals surface area contributed by atoms with E-state index in [1.54, 1.807) is 44.4 Å². The van der Waals surface area contributed by atoms with Gasteiger partial charge < -0.3 is 29.2 Å². The molecule has 4 rings (SSSR count). The summed E-state index contributed by atoms with van der Waals surface area (Å²) in [7, 11) is 1.34. The number of ether oxygens (including phenoxy) is 4. The van der Waals surface area contributed by atoms with Crippen LogP contribution >= 0.6 is 11.6 Å². The number of carbonyl (C=O) groups excluding carboxylic acids is 2. The van der Waals surface area contributed by atoms with Crippen molar-refractivity contribution in [2.45, 2.75) is 56.1 Å². The normalized spacial score (nSPS) is 13.9. The summed E-state index contributed by atoms with van der Waals surface area (Å²) in [5.41, 5.74) is 0.773. The molecule has 1 unspecified atom stereocenters. The van der Waals surface area contributed by atoms with E-state index in [0.717, 1.165) is 35.6 Å². The maximum atomic E-state index is 14.4. The summed E-state index contributed by atoms with van der Waals surface area (Å²) < 4.78 is 51.1. The largest absolute Gasteiger partial charge is 0.497 e. The lowest BCUT2D eigenvalue weighted by molar-refractivity contribution is -0.139. The van der Waals surface area contributed by atoms with E-state index in [9.17, 15) is 18.0 Å². The predicted molar refractivity (Wildman–Crippen MR) is 175 cm³/mol. The van der Waals surface area contributed by atoms with E-state index in [0.29, 0.717) is 11.5 Å². The first-order chi connectivity index (χ1) is 22.0. The van der Waals surface area contributed by atoms with Gasteiger partial charge in [0.25, 0.3) is 10.0 Å². The summed E-state index contributed by atoms with van der Waals surface area (Å²) >= 11 is 6.33. The molecule has 0 radical (unpaired) electrons. The molecule has 13 heteroatoms. The van der Waals surface area contributed by atoms with Crippen LogP contribution in [0, 0.1) is 0 Å². The zero-order chi connectivity index (χ0) is 33.4. The highest BCUT2D eigenvalue weighted by Crippen LogP contribution is 2.37. The van der Waals surface area contributed by atoms with Crippen LogP contribution in [0.15, 0.2) is 65.6 Å². The average molecular weight is 674 g/mol. The van der Waals surface area contributed by atoms with Crippen molar-refractivity contribution in [2.24, 2.45) is 0 Å². The molecule has 1 atom stereocenters. The van der Waals surface area contributed by atoms with Crippen molar-refractivity contribution in [1.29, 1.82) is 0 Å². The number of nitrogens with one attached hydrogen (secondary N) is 1. The SMILES string of the molecule is COc1ccc(CN(C(=O)CN(c2cc(Cl)ccc2OC)S(=O)(=O)c2ccc(OC)c(OC)c2)C(C)C(=O)NC2CCCC2)cc1. The molecule has 1 saturated carbocycles. The topological polar surface area (TPSA) is 124 Å². The number of rotatable bonds is 14. The van der Waals surface area contributed by atoms with Gasteiger partial charge in [-0.05, 0) is 67.8 Å². The first kappa shape index (κ1) is 34.7. The van der Waals surface area contributed by atoms with E-state index in [4.69, 9.17) is 30.5 Å². The molecule has 248 valence electrons. The summed E-state index contributed by atoms with van der Waals surface area (Å²) in [4.78, 5) is 29.0. The lowest BCUT2D eigenvalue weighted by Crippen LogP contribution is -2.52. The molecule has 1 aliphatic carbocycles. The fourth-order valence-electron chi connectivity index (χ4n) is 5.38. The first-order valence-electron chi connectivity index (χ1n) is 14.8. The highest BCUT2D eigenvalue weighted by Gasteiger charge is 2.35. The van der Waals surface area contributed by atoms with Crippen molar-refractivity contribution in [2.75, 3.05) is 39.3 Å². The summed E-state index contributed by atoms with van der Waals surface area (Å²) in [6.45, 7) is 1.02. The van der Waals surface area contributed by atoms with Gasteiger partial charge in [-0.2, -0.15) is 0 Å². The number of halogens is 1. The third-order valence-corrected chi connectivity index (χ3v) is 10.0. The number of carbonyl (C=O) groups is 2. The fraction of sp³-hybridized carbons (Fsp3) is 0.394. The van der Waals surface area contributed by atoms with Gasteiger partial charge in [0.1, 0.15) is 24.1 Å². The van der Waals surface area contributed by atoms with Crippen molar-refractivity contribution >= 4 is 39.1 Å². The Balaban J connectivity index is 1.77. The molecule has 1 aliphatic rings. The molecule has 46 heavy (non-hydrogen) atoms. The first-order valence-corrected chi connectivity index (χ1v) is 16.6. The number of hydrogen-bond donors (Lipinski definition) is 1. The minimum absolute atomic E-state index is 0.0329. The van der Waals surface area contributed by atoms with Gasteiger partial charge in [-0.15, -0.1) is 0 Å². The molecule has 1 fully saturated rings. The van der Waals surface area contributed by atoms with Crippen molar-refractivity contribution < 1.29 is 37.0 Å². The van der Waals surface area contributed by atoms with Gasteiger partial charge in [0.15, 0.2) is 11.5 Å². The van der Waals surface area contributed by atoms with Gasteiger partial charge in [0.2, 0.25) is 11.8 Å². The smallest absolute Gasteiger partial charge is 0.265 e. The predicted octanol–water partition coefficient (Wildman–Crippen LogP) is 5.05. The minimum atomic E-state index is -4.44. The van der Waals surface area contributed by atoms with Crippen LogP contribution in [-0.2, 0) is 26.2 Å². The molecule has 3 aromatic rings. The van der Waals surface area contributed by atoms with Crippen LogP contribution in [0.2, 0.25) is 5.02 Å². The molecule has 0 heterocycles. The van der Waals surface area contributed by atoms with Crippen LogP contribution in [0.4, 0.5) is 5.69 Å². The minimum Gasteiger partial charge on any atom is -0.497 e. The lowest BCUT2D eigenvalue weighted by Gasteiger charge is -2.33. The molecule has 0 spiro atoms. The molecule has 0 bridgehead atoms. The van der Waals surface area contributed by atoms with E-state index >= 15 is 0 Å². The Bertz CT molecular complexity index is 1630. The zero-order valence-corrected chi connectivity index (χ0v) is 28.2. The zero-order valence-electron chi connectivity index (χ0n) is 26.6. The molecular weight excluding hydrogens is 634 g/mol. The Hall–Kier alpha value is -4.16. The molecule has 2 amide bonds. The van der Waals surface area contributed by atoms with Crippen LogP contribution in [0.1, 0.15) is 38.2 Å². The second-order valence-electron chi connectivity index (χ2n) is 10.9. The van der Waals surface area contributed by atoms with Gasteiger partial charge in [-0.25, -0.2) is 8.42 Å². The Labute approximate surface area is 275 Å². The Morgan fingerprint density at radius 1 is 0.870 bits per heavy atom. The molecular formula is C33H40ClN3O8S. The summed E-state index contributed by atoms with van der Waals surface area (Å²) in [6, 6.07) is 14.8. The number of anilines is 1. The Morgan fingerprint density at radius 2 is 1.50 bits per heavy atom. The van der Waals surface area contributed by atoms with Crippen molar-refractivity contribution in [3.8, 4) is 23.0 Å². The van der Waals surface area contributed by atoms with E-state index in [1.807, 2.05) is 0 Å². The second kappa shape index (κ2) is 15.4. The van der Waals surface area contributed by atoms with Crippen LogP contribution in [-0.4, -0.2) is 72.2 Å². The summed E-state index contributed by atoms with van der Waals surface area (Å²) in [5, 5.41) is 3.29. The highest BCUT2D eigenvalue weighted by atomic mass is 35.5. The number of nitrogens with zero attached hydrogens (tertiary/aromatic N) is 2.